The summed E-state index contributed by atoms with van der Waals surface area (Å²) in [5.41, 5.74) is 5.05. The Bertz CT molecular complexity index is 204. The topological polar surface area (TPSA) is 26.0 Å². The predicted octanol–water partition coefficient (Wildman–Crippen LogP) is 2.23. The van der Waals surface area contributed by atoms with Crippen molar-refractivity contribution in [3.05, 3.63) is 36.5 Å². The van der Waals surface area contributed by atoms with Crippen LogP contribution in [0, 0.1) is 0 Å². The molecule has 0 aromatic heterocycles. The molecule has 0 aromatic rings. The molecule has 0 bridgehead atoms. The first-order valence-electron chi connectivity index (χ1n) is 3.13. The van der Waals surface area contributed by atoms with Crippen LogP contribution in [-0.4, -0.2) is 6.04 Å². The molecule has 0 radical (unpaired) electrons. The van der Waals surface area contributed by atoms with Gasteiger partial charge in [-0.25, -0.2) is 8.78 Å². The maximum atomic E-state index is 12.7. The van der Waals surface area contributed by atoms with Crippen molar-refractivity contribution in [2.24, 2.45) is 5.73 Å². The summed E-state index contributed by atoms with van der Waals surface area (Å²) in [5.74, 6) is -1.61. The third-order valence-corrected chi connectivity index (χ3v) is 1.18. The summed E-state index contributed by atoms with van der Waals surface area (Å²) in [4.78, 5) is 0. The summed E-state index contributed by atoms with van der Waals surface area (Å²) < 4.78 is 25.1. The maximum Gasteiger partial charge on any atom is 0.130 e. The molecule has 0 aromatic carbocycles. The van der Waals surface area contributed by atoms with E-state index in [0.717, 1.165) is 6.08 Å². The summed E-state index contributed by atoms with van der Waals surface area (Å²) in [7, 11) is 0. The molecular formula is C8H11F2N. The van der Waals surface area contributed by atoms with Crippen molar-refractivity contribution >= 4 is 0 Å². The molecule has 0 saturated heterocycles. The van der Waals surface area contributed by atoms with E-state index in [1.807, 2.05) is 0 Å². The largest absolute Gasteiger partial charge is 0.324 e. The van der Waals surface area contributed by atoms with Crippen LogP contribution in [0.15, 0.2) is 36.5 Å². The van der Waals surface area contributed by atoms with Crippen LogP contribution in [0.1, 0.15) is 6.92 Å². The molecule has 0 fully saturated rings. The second kappa shape index (κ2) is 4.03. The molecule has 0 aliphatic carbocycles. The fourth-order valence-electron chi connectivity index (χ4n) is 0.704. The van der Waals surface area contributed by atoms with Gasteiger partial charge in [0.1, 0.15) is 11.7 Å². The standard InChI is InChI=1S/C8H11F2N/c1-4-7(10)8(5(2)9)6(3)11/h4,6H,1-2,11H2,3H3/b8-7-/t6-/m1/s1. The molecule has 0 aliphatic heterocycles. The summed E-state index contributed by atoms with van der Waals surface area (Å²) in [5, 5.41) is 0. The smallest absolute Gasteiger partial charge is 0.130 e. The van der Waals surface area contributed by atoms with Gasteiger partial charge in [0.25, 0.3) is 0 Å². The minimum atomic E-state index is -0.850. The Labute approximate surface area is 64.9 Å². The molecule has 0 amide bonds. The van der Waals surface area contributed by atoms with Crippen molar-refractivity contribution in [3.8, 4) is 0 Å². The molecular weight excluding hydrogens is 148 g/mol. The van der Waals surface area contributed by atoms with Crippen molar-refractivity contribution in [3.63, 3.8) is 0 Å². The Morgan fingerprint density at radius 1 is 1.55 bits per heavy atom. The van der Waals surface area contributed by atoms with Crippen LogP contribution in [0.2, 0.25) is 0 Å². The number of hydrogen-bond acceptors (Lipinski definition) is 1. The van der Waals surface area contributed by atoms with E-state index in [0.29, 0.717) is 0 Å². The van der Waals surface area contributed by atoms with Crippen LogP contribution in [0.3, 0.4) is 0 Å². The first-order chi connectivity index (χ1) is 5.00. The van der Waals surface area contributed by atoms with Crippen LogP contribution >= 0.6 is 0 Å². The fraction of sp³-hybridized carbons (Fsp3) is 0.250. The molecule has 0 spiro atoms. The quantitative estimate of drug-likeness (QED) is 0.628. The van der Waals surface area contributed by atoms with E-state index < -0.39 is 17.7 Å². The van der Waals surface area contributed by atoms with E-state index in [4.69, 9.17) is 5.73 Å². The predicted molar refractivity (Wildman–Crippen MR) is 42.2 cm³/mol. The van der Waals surface area contributed by atoms with Gasteiger partial charge < -0.3 is 5.73 Å². The Kier molecular flexibility index (Phi) is 3.68. The molecule has 0 aliphatic rings. The summed E-state index contributed by atoms with van der Waals surface area (Å²) >= 11 is 0. The van der Waals surface area contributed by atoms with Gasteiger partial charge in [-0.05, 0) is 13.0 Å². The van der Waals surface area contributed by atoms with Gasteiger partial charge in [0.2, 0.25) is 0 Å². The van der Waals surface area contributed by atoms with Gasteiger partial charge in [-0.15, -0.1) is 0 Å². The molecule has 0 heterocycles. The highest BCUT2D eigenvalue weighted by Crippen LogP contribution is 2.18. The van der Waals surface area contributed by atoms with Crippen LogP contribution in [0.5, 0.6) is 0 Å². The van der Waals surface area contributed by atoms with E-state index in [9.17, 15) is 8.78 Å². The van der Waals surface area contributed by atoms with Gasteiger partial charge in [-0.1, -0.05) is 13.2 Å². The summed E-state index contributed by atoms with van der Waals surface area (Å²) in [6, 6.07) is -0.703. The van der Waals surface area contributed by atoms with Crippen LogP contribution in [-0.2, 0) is 0 Å². The molecule has 0 saturated carbocycles. The zero-order chi connectivity index (χ0) is 9.02. The lowest BCUT2D eigenvalue weighted by atomic mass is 10.1. The molecule has 3 heteroatoms. The monoisotopic (exact) mass is 159 g/mol. The highest BCUT2D eigenvalue weighted by Gasteiger charge is 2.12. The molecule has 1 nitrogen and oxygen atoms in total. The van der Waals surface area contributed by atoms with Crippen molar-refractivity contribution in [2.75, 3.05) is 0 Å². The molecule has 2 N–H and O–H groups in total. The Morgan fingerprint density at radius 3 is 2.09 bits per heavy atom. The first kappa shape index (κ1) is 10.0. The van der Waals surface area contributed by atoms with E-state index in [-0.39, 0.29) is 5.57 Å². The van der Waals surface area contributed by atoms with Gasteiger partial charge in [0, 0.05) is 11.6 Å². The third kappa shape index (κ3) is 2.63. The van der Waals surface area contributed by atoms with Gasteiger partial charge in [-0.2, -0.15) is 0 Å². The van der Waals surface area contributed by atoms with E-state index in [1.165, 1.54) is 6.92 Å². The molecule has 1 atom stereocenters. The molecule has 0 rings (SSSR count). The highest BCUT2D eigenvalue weighted by atomic mass is 19.1. The first-order valence-corrected chi connectivity index (χ1v) is 3.13. The lowest BCUT2D eigenvalue weighted by Gasteiger charge is -2.07. The summed E-state index contributed by atoms with van der Waals surface area (Å²) in [6.07, 6.45) is 0.906. The summed E-state index contributed by atoms with van der Waals surface area (Å²) in [6.45, 7) is 7.58. The van der Waals surface area contributed by atoms with Crippen LogP contribution < -0.4 is 5.73 Å². The van der Waals surface area contributed by atoms with Crippen molar-refractivity contribution in [1.82, 2.24) is 0 Å². The number of rotatable bonds is 3. The van der Waals surface area contributed by atoms with Gasteiger partial charge in [0.05, 0.1) is 0 Å². The normalized spacial score (nSPS) is 15.3. The molecule has 0 unspecified atom stereocenters. The minimum absolute atomic E-state index is 0.222. The Balaban J connectivity index is 4.87. The maximum absolute atomic E-state index is 12.7. The zero-order valence-electron chi connectivity index (χ0n) is 6.40. The Morgan fingerprint density at radius 2 is 2.00 bits per heavy atom. The third-order valence-electron chi connectivity index (χ3n) is 1.18. The lowest BCUT2D eigenvalue weighted by Crippen LogP contribution is -2.19. The molecule has 62 valence electrons. The second-order valence-electron chi connectivity index (χ2n) is 2.16. The highest BCUT2D eigenvalue weighted by molar-refractivity contribution is 5.34. The van der Waals surface area contributed by atoms with Gasteiger partial charge in [0.15, 0.2) is 0 Å². The SMILES string of the molecule is C=C/C(F)=C(\C(=C)F)[C@@H](C)N. The van der Waals surface area contributed by atoms with Crippen molar-refractivity contribution in [2.45, 2.75) is 13.0 Å². The lowest BCUT2D eigenvalue weighted by molar-refractivity contribution is 0.587. The average Bonchev–Trinajstić information content (AvgIpc) is 1.85. The van der Waals surface area contributed by atoms with Crippen LogP contribution in [0.4, 0.5) is 8.78 Å². The van der Waals surface area contributed by atoms with Gasteiger partial charge in [-0.3, -0.25) is 0 Å². The van der Waals surface area contributed by atoms with E-state index in [2.05, 4.69) is 13.2 Å². The van der Waals surface area contributed by atoms with Gasteiger partial charge >= 0.3 is 0 Å². The number of allylic oxidation sites excluding steroid dienone is 2. The Hall–Kier alpha value is -0.960. The van der Waals surface area contributed by atoms with E-state index in [1.54, 1.807) is 0 Å². The number of hydrogen-bond donors (Lipinski definition) is 1. The number of nitrogens with two attached hydrogens (primary N) is 1. The van der Waals surface area contributed by atoms with E-state index >= 15 is 0 Å². The minimum Gasteiger partial charge on any atom is -0.324 e. The average molecular weight is 159 g/mol. The fourth-order valence-corrected chi connectivity index (χ4v) is 0.704. The van der Waals surface area contributed by atoms with Crippen molar-refractivity contribution < 1.29 is 8.78 Å². The zero-order valence-corrected chi connectivity index (χ0v) is 6.40. The molecule has 11 heavy (non-hydrogen) atoms. The van der Waals surface area contributed by atoms with Crippen LogP contribution in [0.25, 0.3) is 0 Å². The second-order valence-corrected chi connectivity index (χ2v) is 2.16. The number of halogens is 2. The van der Waals surface area contributed by atoms with Crippen molar-refractivity contribution in [1.29, 1.82) is 0 Å².